The van der Waals surface area contributed by atoms with Crippen LogP contribution in [0.4, 0.5) is 0 Å². The third-order valence-corrected chi connectivity index (χ3v) is 1.57. The largest absolute Gasteiger partial charge is 0.262 e. The van der Waals surface area contributed by atoms with Gasteiger partial charge >= 0.3 is 0 Å². The van der Waals surface area contributed by atoms with Gasteiger partial charge in [-0.15, -0.1) is 0 Å². The first-order valence-electron chi connectivity index (χ1n) is 2.94. The molecule has 0 saturated heterocycles. The van der Waals surface area contributed by atoms with Gasteiger partial charge in [0.1, 0.15) is 0 Å². The first-order chi connectivity index (χ1) is 4.83. The molecule has 0 atom stereocenters. The van der Waals surface area contributed by atoms with Crippen molar-refractivity contribution in [1.29, 1.82) is 0 Å². The van der Waals surface area contributed by atoms with Crippen LogP contribution in [-0.4, -0.2) is 0 Å². The minimum atomic E-state index is 0.740. The van der Waals surface area contributed by atoms with Crippen molar-refractivity contribution in [1.82, 2.24) is 4.72 Å². The van der Waals surface area contributed by atoms with E-state index in [-0.39, 0.29) is 0 Å². The zero-order chi connectivity index (χ0) is 7.40. The molecule has 3 heteroatoms. The normalized spacial score (nSPS) is 9.80. The summed E-state index contributed by atoms with van der Waals surface area (Å²) in [5.74, 6) is 0. The summed E-state index contributed by atoms with van der Waals surface area (Å²) in [4.78, 5) is 0. The van der Waals surface area contributed by atoms with Gasteiger partial charge < -0.3 is 0 Å². The first-order valence-corrected chi connectivity index (χ1v) is 3.77. The summed E-state index contributed by atoms with van der Waals surface area (Å²) < 4.78 is 2.75. The second kappa shape index (κ2) is 3.86. The molecule has 0 spiro atoms. The molecule has 1 nitrogen and oxygen atoms in total. The zero-order valence-electron chi connectivity index (χ0n) is 5.34. The molecule has 0 aliphatic heterocycles. The maximum atomic E-state index is 5.73. The van der Waals surface area contributed by atoms with Crippen LogP contribution in [0.1, 0.15) is 5.56 Å². The van der Waals surface area contributed by atoms with E-state index in [1.807, 2.05) is 24.3 Å². The van der Waals surface area contributed by atoms with E-state index < -0.39 is 0 Å². The van der Waals surface area contributed by atoms with Crippen LogP contribution in [0.25, 0.3) is 0 Å². The van der Waals surface area contributed by atoms with Gasteiger partial charge in [0, 0.05) is 11.6 Å². The minimum absolute atomic E-state index is 0.740. The van der Waals surface area contributed by atoms with E-state index in [2.05, 4.69) is 17.5 Å². The molecule has 0 radical (unpaired) electrons. The molecule has 0 amide bonds. The Hall–Kier alpha value is -0.180. The standard InChI is InChI=1S/C7H8ClNS/c8-7-3-1-2-6(4-7)5-9-10/h1-4,9-10H,5H2. The van der Waals surface area contributed by atoms with Crippen LogP contribution >= 0.6 is 24.4 Å². The van der Waals surface area contributed by atoms with E-state index in [1.165, 1.54) is 0 Å². The van der Waals surface area contributed by atoms with Crippen LogP contribution in [0.5, 0.6) is 0 Å². The number of rotatable bonds is 2. The smallest absolute Gasteiger partial charge is 0.0409 e. The van der Waals surface area contributed by atoms with Crippen molar-refractivity contribution >= 4 is 24.4 Å². The van der Waals surface area contributed by atoms with E-state index in [1.54, 1.807) is 0 Å². The van der Waals surface area contributed by atoms with Crippen LogP contribution in [-0.2, 0) is 6.54 Å². The Kier molecular flexibility index (Phi) is 3.06. The van der Waals surface area contributed by atoms with Gasteiger partial charge in [-0.3, -0.25) is 4.72 Å². The summed E-state index contributed by atoms with van der Waals surface area (Å²) in [5, 5.41) is 0.765. The highest BCUT2D eigenvalue weighted by Gasteiger charge is 1.90. The van der Waals surface area contributed by atoms with Crippen molar-refractivity contribution in [2.24, 2.45) is 0 Å². The van der Waals surface area contributed by atoms with Crippen molar-refractivity contribution in [3.8, 4) is 0 Å². The highest BCUT2D eigenvalue weighted by atomic mass is 35.5. The average molecular weight is 174 g/mol. The predicted octanol–water partition coefficient (Wildman–Crippen LogP) is 2.27. The molecule has 1 aromatic rings. The lowest BCUT2D eigenvalue weighted by atomic mass is 10.2. The monoisotopic (exact) mass is 173 g/mol. The van der Waals surface area contributed by atoms with E-state index in [4.69, 9.17) is 11.6 Å². The van der Waals surface area contributed by atoms with Gasteiger partial charge in [0.05, 0.1) is 0 Å². The molecule has 0 aliphatic carbocycles. The third kappa shape index (κ3) is 2.21. The topological polar surface area (TPSA) is 12.0 Å². The van der Waals surface area contributed by atoms with Crippen molar-refractivity contribution in [2.45, 2.75) is 6.54 Å². The lowest BCUT2D eigenvalue weighted by Gasteiger charge is -1.97. The number of nitrogens with one attached hydrogen (secondary N) is 1. The van der Waals surface area contributed by atoms with Gasteiger partial charge in [0.2, 0.25) is 0 Å². The highest BCUT2D eigenvalue weighted by molar-refractivity contribution is 7.78. The third-order valence-electron chi connectivity index (χ3n) is 1.17. The first kappa shape index (κ1) is 7.92. The summed E-state index contributed by atoms with van der Waals surface area (Å²) in [6, 6.07) is 7.67. The van der Waals surface area contributed by atoms with Crippen LogP contribution in [0, 0.1) is 0 Å². The van der Waals surface area contributed by atoms with Gasteiger partial charge in [0.25, 0.3) is 0 Å². The Morgan fingerprint density at radius 1 is 1.50 bits per heavy atom. The molecule has 1 aromatic carbocycles. The van der Waals surface area contributed by atoms with E-state index in [9.17, 15) is 0 Å². The fraction of sp³-hybridized carbons (Fsp3) is 0.143. The molecule has 1 rings (SSSR count). The molecule has 0 unspecified atom stereocenters. The van der Waals surface area contributed by atoms with Gasteiger partial charge in [-0.05, 0) is 17.7 Å². The molecule has 0 bridgehead atoms. The van der Waals surface area contributed by atoms with Crippen LogP contribution in [0.3, 0.4) is 0 Å². The number of benzene rings is 1. The molecule has 0 fully saturated rings. The molecular weight excluding hydrogens is 166 g/mol. The fourth-order valence-corrected chi connectivity index (χ4v) is 1.13. The fourth-order valence-electron chi connectivity index (χ4n) is 0.738. The highest BCUT2D eigenvalue weighted by Crippen LogP contribution is 2.09. The summed E-state index contributed by atoms with van der Waals surface area (Å²) in [5.41, 5.74) is 1.14. The summed E-state index contributed by atoms with van der Waals surface area (Å²) in [6.45, 7) is 0.740. The molecular formula is C7H8ClNS. The predicted molar refractivity (Wildman–Crippen MR) is 47.3 cm³/mol. The Balaban J connectivity index is 2.75. The summed E-state index contributed by atoms with van der Waals surface area (Å²) >= 11 is 9.60. The lowest BCUT2D eigenvalue weighted by Crippen LogP contribution is -1.97. The Bertz CT molecular complexity index is 215. The Labute approximate surface area is 70.9 Å². The van der Waals surface area contributed by atoms with E-state index in [0.717, 1.165) is 17.1 Å². The second-order valence-electron chi connectivity index (χ2n) is 1.96. The molecule has 0 aromatic heterocycles. The SMILES string of the molecule is SNCc1cccc(Cl)c1. The molecule has 0 aliphatic rings. The van der Waals surface area contributed by atoms with Gasteiger partial charge in [0.15, 0.2) is 0 Å². The molecule has 0 saturated carbocycles. The second-order valence-corrected chi connectivity index (χ2v) is 2.72. The zero-order valence-corrected chi connectivity index (χ0v) is 6.99. The average Bonchev–Trinajstić information content (AvgIpc) is 1.88. The van der Waals surface area contributed by atoms with E-state index in [0.29, 0.717) is 0 Å². The van der Waals surface area contributed by atoms with Crippen molar-refractivity contribution < 1.29 is 0 Å². The summed E-state index contributed by atoms with van der Waals surface area (Å²) in [6.07, 6.45) is 0. The molecule has 1 N–H and O–H groups in total. The Morgan fingerprint density at radius 2 is 2.30 bits per heavy atom. The number of hydrogen-bond acceptors (Lipinski definition) is 2. The van der Waals surface area contributed by atoms with Crippen LogP contribution < -0.4 is 4.72 Å². The summed E-state index contributed by atoms with van der Waals surface area (Å²) in [7, 11) is 0. The molecule has 10 heavy (non-hydrogen) atoms. The number of hydrogen-bond donors (Lipinski definition) is 2. The van der Waals surface area contributed by atoms with Crippen LogP contribution in [0.2, 0.25) is 5.02 Å². The molecule has 54 valence electrons. The number of thiol groups is 1. The van der Waals surface area contributed by atoms with Gasteiger partial charge in [-0.1, -0.05) is 36.5 Å². The van der Waals surface area contributed by atoms with Crippen molar-refractivity contribution in [3.63, 3.8) is 0 Å². The maximum absolute atomic E-state index is 5.73. The van der Waals surface area contributed by atoms with Gasteiger partial charge in [-0.2, -0.15) is 0 Å². The minimum Gasteiger partial charge on any atom is -0.262 e. The number of halogens is 1. The Morgan fingerprint density at radius 3 is 2.90 bits per heavy atom. The van der Waals surface area contributed by atoms with Gasteiger partial charge in [-0.25, -0.2) is 0 Å². The van der Waals surface area contributed by atoms with E-state index >= 15 is 0 Å². The maximum Gasteiger partial charge on any atom is 0.0409 e. The molecule has 0 heterocycles. The lowest BCUT2D eigenvalue weighted by molar-refractivity contribution is 0.985. The quantitative estimate of drug-likeness (QED) is 0.654. The van der Waals surface area contributed by atoms with Crippen LogP contribution in [0.15, 0.2) is 24.3 Å². The van der Waals surface area contributed by atoms with Crippen molar-refractivity contribution in [3.05, 3.63) is 34.9 Å². The van der Waals surface area contributed by atoms with Crippen molar-refractivity contribution in [2.75, 3.05) is 0 Å².